The minimum absolute atomic E-state index is 0.518. The van der Waals surface area contributed by atoms with E-state index in [1.165, 1.54) is 0 Å². The molecule has 78 valence electrons. The number of methoxy groups -OCH3 is 2. The second kappa shape index (κ2) is 6.21. The quantitative estimate of drug-likeness (QED) is 0.648. The molecule has 0 saturated heterocycles. The van der Waals surface area contributed by atoms with Crippen LogP contribution in [-0.4, -0.2) is 32.4 Å². The Hall–Kier alpha value is -1.29. The smallest absolute Gasteiger partial charge is 0.256 e. The van der Waals surface area contributed by atoms with E-state index in [0.717, 1.165) is 6.42 Å². The van der Waals surface area contributed by atoms with Gasteiger partial charge in [0.2, 0.25) is 0 Å². The highest BCUT2D eigenvalue weighted by Crippen LogP contribution is 2.22. The fourth-order valence-electron chi connectivity index (χ4n) is 1.02. The van der Waals surface area contributed by atoms with Gasteiger partial charge in [0.15, 0.2) is 5.75 Å². The maximum atomic E-state index is 5.46. The lowest BCUT2D eigenvalue weighted by atomic mass is 10.4. The average molecular weight is 197 g/mol. The molecule has 1 heterocycles. The molecule has 0 aliphatic rings. The molecule has 4 nitrogen and oxygen atoms in total. The van der Waals surface area contributed by atoms with Crippen LogP contribution in [-0.2, 0) is 4.74 Å². The van der Waals surface area contributed by atoms with Crippen LogP contribution >= 0.6 is 0 Å². The first-order valence-corrected chi connectivity index (χ1v) is 4.49. The summed E-state index contributed by atoms with van der Waals surface area (Å²) in [7, 11) is 3.25. The van der Waals surface area contributed by atoms with Crippen molar-refractivity contribution in [1.82, 2.24) is 4.98 Å². The van der Waals surface area contributed by atoms with Crippen molar-refractivity contribution in [1.29, 1.82) is 0 Å². The lowest BCUT2D eigenvalue weighted by molar-refractivity contribution is 0.170. The molecular weight excluding hydrogens is 182 g/mol. The number of aromatic nitrogens is 1. The van der Waals surface area contributed by atoms with Crippen molar-refractivity contribution in [2.24, 2.45) is 0 Å². The van der Waals surface area contributed by atoms with Crippen molar-refractivity contribution in [2.75, 3.05) is 27.4 Å². The van der Waals surface area contributed by atoms with Crippen LogP contribution in [0.4, 0.5) is 0 Å². The molecule has 0 radical (unpaired) electrons. The van der Waals surface area contributed by atoms with Gasteiger partial charge >= 0.3 is 0 Å². The van der Waals surface area contributed by atoms with Crippen LogP contribution in [0.1, 0.15) is 6.42 Å². The molecule has 0 bridgehead atoms. The first-order valence-electron chi connectivity index (χ1n) is 4.49. The Morgan fingerprint density at radius 1 is 1.29 bits per heavy atom. The van der Waals surface area contributed by atoms with Crippen molar-refractivity contribution >= 4 is 0 Å². The van der Waals surface area contributed by atoms with E-state index in [1.54, 1.807) is 20.4 Å². The molecule has 4 heteroatoms. The predicted octanol–water partition coefficient (Wildman–Crippen LogP) is 1.51. The number of hydrogen-bond acceptors (Lipinski definition) is 4. The Kier molecular flexibility index (Phi) is 4.78. The minimum atomic E-state index is 0.518. The van der Waals surface area contributed by atoms with Crippen LogP contribution in [0, 0.1) is 0 Å². The summed E-state index contributed by atoms with van der Waals surface area (Å²) >= 11 is 0. The van der Waals surface area contributed by atoms with Gasteiger partial charge in [-0.05, 0) is 12.1 Å². The highest BCUT2D eigenvalue weighted by atomic mass is 16.5. The summed E-state index contributed by atoms with van der Waals surface area (Å²) in [5, 5.41) is 0. The van der Waals surface area contributed by atoms with Gasteiger partial charge in [-0.15, -0.1) is 0 Å². The summed E-state index contributed by atoms with van der Waals surface area (Å²) in [6.45, 7) is 1.30. The van der Waals surface area contributed by atoms with E-state index in [-0.39, 0.29) is 0 Å². The van der Waals surface area contributed by atoms with E-state index in [2.05, 4.69) is 4.98 Å². The van der Waals surface area contributed by atoms with Gasteiger partial charge in [0.25, 0.3) is 5.88 Å². The highest BCUT2D eigenvalue weighted by Gasteiger charge is 2.02. The van der Waals surface area contributed by atoms with Gasteiger partial charge in [-0.2, -0.15) is 0 Å². The van der Waals surface area contributed by atoms with E-state index < -0.39 is 0 Å². The number of rotatable bonds is 6. The van der Waals surface area contributed by atoms with Crippen molar-refractivity contribution < 1.29 is 14.2 Å². The van der Waals surface area contributed by atoms with Crippen LogP contribution < -0.4 is 9.47 Å². The Balaban J connectivity index is 2.41. The monoisotopic (exact) mass is 197 g/mol. The maximum absolute atomic E-state index is 5.46. The van der Waals surface area contributed by atoms with Gasteiger partial charge in [-0.25, -0.2) is 4.98 Å². The van der Waals surface area contributed by atoms with Gasteiger partial charge in [0, 0.05) is 26.3 Å². The summed E-state index contributed by atoms with van der Waals surface area (Å²) in [6.07, 6.45) is 2.52. The molecule has 1 rings (SSSR count). The predicted molar refractivity (Wildman–Crippen MR) is 52.8 cm³/mol. The summed E-state index contributed by atoms with van der Waals surface area (Å²) in [5.41, 5.74) is 0. The largest absolute Gasteiger partial charge is 0.488 e. The topological polar surface area (TPSA) is 40.6 Å². The molecule has 0 fully saturated rings. The van der Waals surface area contributed by atoms with E-state index in [0.29, 0.717) is 24.8 Å². The van der Waals surface area contributed by atoms with Crippen LogP contribution in [0.5, 0.6) is 11.6 Å². The van der Waals surface area contributed by atoms with Gasteiger partial charge in [0.05, 0.1) is 13.7 Å². The first kappa shape index (κ1) is 10.8. The van der Waals surface area contributed by atoms with Crippen LogP contribution in [0.15, 0.2) is 18.3 Å². The lowest BCUT2D eigenvalue weighted by Gasteiger charge is -2.08. The van der Waals surface area contributed by atoms with Gasteiger partial charge < -0.3 is 14.2 Å². The highest BCUT2D eigenvalue weighted by molar-refractivity contribution is 5.32. The lowest BCUT2D eigenvalue weighted by Crippen LogP contribution is -2.03. The number of nitrogens with zero attached hydrogens (tertiary/aromatic N) is 1. The molecule has 0 saturated carbocycles. The molecule has 0 amide bonds. The molecular formula is C10H15NO3. The number of hydrogen-bond donors (Lipinski definition) is 0. The summed E-state index contributed by atoms with van der Waals surface area (Å²) in [6, 6.07) is 3.65. The molecule has 1 aromatic rings. The van der Waals surface area contributed by atoms with Crippen molar-refractivity contribution in [3.05, 3.63) is 18.3 Å². The zero-order chi connectivity index (χ0) is 10.2. The standard InChI is InChI=1S/C10H15NO3/c1-12-7-4-8-14-9-5-3-6-11-10(9)13-2/h3,5-6H,4,7-8H2,1-2H3. The van der Waals surface area contributed by atoms with E-state index in [4.69, 9.17) is 14.2 Å². The van der Waals surface area contributed by atoms with Gasteiger partial charge in [-0.3, -0.25) is 0 Å². The van der Waals surface area contributed by atoms with Crippen molar-refractivity contribution in [3.8, 4) is 11.6 Å². The van der Waals surface area contributed by atoms with Crippen molar-refractivity contribution in [3.63, 3.8) is 0 Å². The average Bonchev–Trinajstić information content (AvgIpc) is 2.25. The molecule has 0 atom stereocenters. The van der Waals surface area contributed by atoms with E-state index >= 15 is 0 Å². The third-order valence-corrected chi connectivity index (χ3v) is 1.68. The van der Waals surface area contributed by atoms with Crippen LogP contribution in [0.2, 0.25) is 0 Å². The maximum Gasteiger partial charge on any atom is 0.256 e. The Bertz CT molecular complexity index is 265. The second-order valence-corrected chi connectivity index (χ2v) is 2.71. The zero-order valence-corrected chi connectivity index (χ0v) is 8.53. The van der Waals surface area contributed by atoms with Gasteiger partial charge in [0.1, 0.15) is 0 Å². The van der Waals surface area contributed by atoms with Crippen molar-refractivity contribution in [2.45, 2.75) is 6.42 Å². The van der Waals surface area contributed by atoms with Crippen LogP contribution in [0.25, 0.3) is 0 Å². The Morgan fingerprint density at radius 2 is 2.14 bits per heavy atom. The molecule has 1 aromatic heterocycles. The number of pyridine rings is 1. The fourth-order valence-corrected chi connectivity index (χ4v) is 1.02. The molecule has 0 unspecified atom stereocenters. The molecule has 0 aromatic carbocycles. The minimum Gasteiger partial charge on any atom is -0.488 e. The van der Waals surface area contributed by atoms with E-state index in [1.807, 2.05) is 12.1 Å². The Labute approximate surface area is 83.8 Å². The summed E-state index contributed by atoms with van der Waals surface area (Å²) < 4.78 is 15.4. The van der Waals surface area contributed by atoms with Crippen LogP contribution in [0.3, 0.4) is 0 Å². The molecule has 14 heavy (non-hydrogen) atoms. The normalized spacial score (nSPS) is 9.86. The molecule has 0 N–H and O–H groups in total. The van der Waals surface area contributed by atoms with Gasteiger partial charge in [-0.1, -0.05) is 0 Å². The molecule has 0 aliphatic carbocycles. The fraction of sp³-hybridized carbons (Fsp3) is 0.500. The number of ether oxygens (including phenoxy) is 3. The summed E-state index contributed by atoms with van der Waals surface area (Å²) in [5.74, 6) is 1.19. The third kappa shape index (κ3) is 3.22. The molecule has 0 spiro atoms. The van der Waals surface area contributed by atoms with E-state index in [9.17, 15) is 0 Å². The second-order valence-electron chi connectivity index (χ2n) is 2.71. The Morgan fingerprint density at radius 3 is 2.86 bits per heavy atom. The summed E-state index contributed by atoms with van der Waals surface area (Å²) in [4.78, 5) is 4.02. The third-order valence-electron chi connectivity index (χ3n) is 1.68. The first-order chi connectivity index (χ1) is 6.88. The molecule has 0 aliphatic heterocycles. The SMILES string of the molecule is COCCCOc1cccnc1OC. The zero-order valence-electron chi connectivity index (χ0n) is 8.53.